The Morgan fingerprint density at radius 3 is 2.53 bits per heavy atom. The molecule has 4 atom stereocenters. The van der Waals surface area contributed by atoms with Crippen LogP contribution in [0.25, 0.3) is 0 Å². The normalized spacial score (nSPS) is 21.6. The molecular weight excluding hydrogens is 540 g/mol. The van der Waals surface area contributed by atoms with Gasteiger partial charge in [0.2, 0.25) is 0 Å². The standard InChI is InChI=1S/C30H30BrClO4/c1-19(2)24-17-25(21-9-12-23(32)13-10-21)28(14-8-20-6-4-3-5-7-20)36-30(24)26-16-22(31)11-15-27(26)35-18-29(33)34/h3-7,9-13,15-16,24-25,28,30H,1,8,14,17-18H2,2H3,(H,33,34)/t24-,25-,28+,30+/m1/s1. The molecule has 0 bridgehead atoms. The number of hydrogen-bond donors (Lipinski definition) is 1. The van der Waals surface area contributed by atoms with Crippen molar-refractivity contribution in [2.45, 2.75) is 44.3 Å². The first-order valence-electron chi connectivity index (χ1n) is 12.1. The summed E-state index contributed by atoms with van der Waals surface area (Å²) in [5.41, 5.74) is 4.31. The van der Waals surface area contributed by atoms with E-state index in [1.54, 1.807) is 6.07 Å². The minimum Gasteiger partial charge on any atom is -0.482 e. The number of aliphatic carboxylic acids is 1. The van der Waals surface area contributed by atoms with Gasteiger partial charge in [-0.15, -0.1) is 0 Å². The van der Waals surface area contributed by atoms with Crippen molar-refractivity contribution in [3.05, 3.63) is 111 Å². The van der Waals surface area contributed by atoms with E-state index in [0.29, 0.717) is 10.8 Å². The second-order valence-corrected chi connectivity index (χ2v) is 10.7. The molecule has 1 aliphatic rings. The predicted molar refractivity (Wildman–Crippen MR) is 147 cm³/mol. The third-order valence-electron chi connectivity index (χ3n) is 6.76. The van der Waals surface area contributed by atoms with Crippen LogP contribution in [-0.2, 0) is 16.0 Å². The fourth-order valence-corrected chi connectivity index (χ4v) is 5.48. The highest BCUT2D eigenvalue weighted by Gasteiger charge is 2.40. The highest BCUT2D eigenvalue weighted by Crippen LogP contribution is 2.49. The van der Waals surface area contributed by atoms with Crippen molar-refractivity contribution >= 4 is 33.5 Å². The summed E-state index contributed by atoms with van der Waals surface area (Å²) in [5, 5.41) is 9.89. The third-order valence-corrected chi connectivity index (χ3v) is 7.51. The molecule has 1 aliphatic heterocycles. The summed E-state index contributed by atoms with van der Waals surface area (Å²) in [6, 6.07) is 24.1. The molecule has 0 aromatic heterocycles. The van der Waals surface area contributed by atoms with E-state index in [1.165, 1.54) is 11.1 Å². The lowest BCUT2D eigenvalue weighted by Crippen LogP contribution is -2.36. The molecule has 3 aromatic carbocycles. The van der Waals surface area contributed by atoms with Crippen LogP contribution in [0.3, 0.4) is 0 Å². The van der Waals surface area contributed by atoms with Crippen LogP contribution >= 0.6 is 27.5 Å². The quantitative estimate of drug-likeness (QED) is 0.265. The third kappa shape index (κ3) is 6.58. The van der Waals surface area contributed by atoms with E-state index in [1.807, 2.05) is 37.3 Å². The van der Waals surface area contributed by atoms with Crippen LogP contribution in [0.1, 0.15) is 48.5 Å². The zero-order chi connectivity index (χ0) is 25.7. The molecule has 3 aromatic rings. The van der Waals surface area contributed by atoms with Gasteiger partial charge in [-0.3, -0.25) is 0 Å². The fourth-order valence-electron chi connectivity index (χ4n) is 4.97. The molecule has 1 heterocycles. The number of ether oxygens (including phenoxy) is 2. The van der Waals surface area contributed by atoms with Gasteiger partial charge in [-0.1, -0.05) is 82.1 Å². The zero-order valence-corrected chi connectivity index (χ0v) is 22.5. The largest absolute Gasteiger partial charge is 0.482 e. The predicted octanol–water partition coefficient (Wildman–Crippen LogP) is 8.00. The first-order chi connectivity index (χ1) is 17.3. The molecule has 4 nitrogen and oxygen atoms in total. The lowest BCUT2D eigenvalue weighted by molar-refractivity contribution is -0.139. The van der Waals surface area contributed by atoms with Gasteiger partial charge in [0.25, 0.3) is 0 Å². The van der Waals surface area contributed by atoms with E-state index in [9.17, 15) is 9.90 Å². The summed E-state index contributed by atoms with van der Waals surface area (Å²) in [5.74, 6) is -0.309. The van der Waals surface area contributed by atoms with Crippen LogP contribution in [-0.4, -0.2) is 23.8 Å². The maximum absolute atomic E-state index is 11.2. The van der Waals surface area contributed by atoms with Crippen molar-refractivity contribution in [3.63, 3.8) is 0 Å². The molecular formula is C30H30BrClO4. The van der Waals surface area contributed by atoms with Gasteiger partial charge in [0.1, 0.15) is 5.75 Å². The fraction of sp³-hybridized carbons (Fsp3) is 0.300. The van der Waals surface area contributed by atoms with Gasteiger partial charge in [0.15, 0.2) is 6.61 Å². The van der Waals surface area contributed by atoms with Crippen LogP contribution in [0.5, 0.6) is 5.75 Å². The van der Waals surface area contributed by atoms with Crippen LogP contribution in [0.2, 0.25) is 5.02 Å². The molecule has 0 unspecified atom stereocenters. The molecule has 0 saturated carbocycles. The maximum Gasteiger partial charge on any atom is 0.341 e. The number of aryl methyl sites for hydroxylation is 1. The monoisotopic (exact) mass is 568 g/mol. The van der Waals surface area contributed by atoms with Crippen LogP contribution in [0.4, 0.5) is 0 Å². The van der Waals surface area contributed by atoms with Crippen LogP contribution in [0.15, 0.2) is 89.4 Å². The van der Waals surface area contributed by atoms with E-state index in [2.05, 4.69) is 58.9 Å². The number of carboxylic acids is 1. The number of carboxylic acid groups (broad SMARTS) is 1. The number of hydrogen-bond acceptors (Lipinski definition) is 3. The Morgan fingerprint density at radius 2 is 1.86 bits per heavy atom. The summed E-state index contributed by atoms with van der Waals surface area (Å²) >= 11 is 9.76. The van der Waals surface area contributed by atoms with Gasteiger partial charge in [0, 0.05) is 26.9 Å². The Labute approximate surface area is 226 Å². The molecule has 0 radical (unpaired) electrons. The topological polar surface area (TPSA) is 55.8 Å². The van der Waals surface area contributed by atoms with E-state index in [4.69, 9.17) is 21.1 Å². The van der Waals surface area contributed by atoms with E-state index in [0.717, 1.165) is 34.9 Å². The van der Waals surface area contributed by atoms with Crippen LogP contribution < -0.4 is 4.74 Å². The molecule has 1 N–H and O–H groups in total. The van der Waals surface area contributed by atoms with Crippen molar-refractivity contribution in [3.8, 4) is 5.75 Å². The van der Waals surface area contributed by atoms with Gasteiger partial charge in [0.05, 0.1) is 12.2 Å². The van der Waals surface area contributed by atoms with E-state index in [-0.39, 0.29) is 24.0 Å². The summed E-state index contributed by atoms with van der Waals surface area (Å²) < 4.78 is 13.5. The molecule has 188 valence electrons. The van der Waals surface area contributed by atoms with Crippen LogP contribution in [0, 0.1) is 5.92 Å². The Morgan fingerprint density at radius 1 is 1.14 bits per heavy atom. The lowest BCUT2D eigenvalue weighted by atomic mass is 9.74. The molecule has 4 rings (SSSR count). The lowest BCUT2D eigenvalue weighted by Gasteiger charge is -2.43. The van der Waals surface area contributed by atoms with Gasteiger partial charge in [-0.2, -0.15) is 0 Å². The highest BCUT2D eigenvalue weighted by atomic mass is 79.9. The summed E-state index contributed by atoms with van der Waals surface area (Å²) in [7, 11) is 0. The van der Waals surface area contributed by atoms with Crippen molar-refractivity contribution in [2.24, 2.45) is 5.92 Å². The average Bonchev–Trinajstić information content (AvgIpc) is 2.87. The second kappa shape index (κ2) is 12.1. The molecule has 1 saturated heterocycles. The molecule has 6 heteroatoms. The molecule has 36 heavy (non-hydrogen) atoms. The maximum atomic E-state index is 11.2. The number of rotatable bonds is 9. The Hall–Kier alpha value is -2.60. The van der Waals surface area contributed by atoms with E-state index >= 15 is 0 Å². The summed E-state index contributed by atoms with van der Waals surface area (Å²) in [6.07, 6.45) is 2.22. The minimum atomic E-state index is -1.02. The SMILES string of the molecule is C=C(C)[C@H]1C[C@H](c2ccc(Cl)cc2)[C@H](CCc2ccccc2)O[C@@H]1c1cc(Br)ccc1OCC(=O)O. The van der Waals surface area contributed by atoms with Gasteiger partial charge in [-0.05, 0) is 67.6 Å². The van der Waals surface area contributed by atoms with Crippen molar-refractivity contribution in [2.75, 3.05) is 6.61 Å². The first kappa shape index (κ1) is 26.5. The van der Waals surface area contributed by atoms with Crippen molar-refractivity contribution in [1.29, 1.82) is 0 Å². The van der Waals surface area contributed by atoms with Gasteiger partial charge in [-0.25, -0.2) is 4.79 Å². The molecule has 0 spiro atoms. The van der Waals surface area contributed by atoms with Crippen molar-refractivity contribution < 1.29 is 19.4 Å². The second-order valence-electron chi connectivity index (χ2n) is 9.33. The summed E-state index contributed by atoms with van der Waals surface area (Å²) in [4.78, 5) is 11.2. The summed E-state index contributed by atoms with van der Waals surface area (Å²) in [6.45, 7) is 5.91. The minimum absolute atomic E-state index is 0.0279. The number of carbonyl (C=O) groups is 1. The molecule has 1 fully saturated rings. The average molecular weight is 570 g/mol. The van der Waals surface area contributed by atoms with E-state index < -0.39 is 12.6 Å². The molecule has 0 amide bonds. The Balaban J connectivity index is 1.70. The Kier molecular flexibility index (Phi) is 8.89. The number of halogens is 2. The molecule has 0 aliphatic carbocycles. The zero-order valence-electron chi connectivity index (χ0n) is 20.2. The first-order valence-corrected chi connectivity index (χ1v) is 13.2. The number of benzene rings is 3. The van der Waals surface area contributed by atoms with Gasteiger partial charge < -0.3 is 14.6 Å². The Bertz CT molecular complexity index is 1200. The van der Waals surface area contributed by atoms with Gasteiger partial charge >= 0.3 is 5.97 Å². The highest BCUT2D eigenvalue weighted by molar-refractivity contribution is 9.10. The smallest absolute Gasteiger partial charge is 0.341 e. The van der Waals surface area contributed by atoms with Crippen molar-refractivity contribution in [1.82, 2.24) is 0 Å².